The number of hydrogen-bond donors (Lipinski definition) is 2. The van der Waals surface area contributed by atoms with E-state index in [4.69, 9.17) is 0 Å². The highest BCUT2D eigenvalue weighted by Crippen LogP contribution is 2.30. The highest BCUT2D eigenvalue weighted by molar-refractivity contribution is 5.95. The summed E-state index contributed by atoms with van der Waals surface area (Å²) in [5.41, 5.74) is 5.61. The molecule has 0 atom stereocenters. The van der Waals surface area contributed by atoms with E-state index < -0.39 is 0 Å². The Morgan fingerprint density at radius 2 is 1.87 bits per heavy atom. The number of pyridine rings is 2. The molecule has 4 aromatic rings. The molecule has 31 heavy (non-hydrogen) atoms. The van der Waals surface area contributed by atoms with E-state index in [-0.39, 0.29) is 0 Å². The van der Waals surface area contributed by atoms with E-state index >= 15 is 0 Å². The molecule has 1 aliphatic rings. The standard InChI is InChI=1S/C24H25N7/c1-17(27-22-6-4-10-26-24(22)31-13-11-30(2)12-14-31)23-20-15-18(7-8-21(20)28-29-23)19-5-3-9-25-16-19/h3-10,15-16,27H,1,11-14H2,2H3,(H,28,29). The zero-order chi connectivity index (χ0) is 21.2. The Kier molecular flexibility index (Phi) is 5.09. The van der Waals surface area contributed by atoms with Crippen molar-refractivity contribution in [1.82, 2.24) is 25.1 Å². The molecule has 0 bridgehead atoms. The third kappa shape index (κ3) is 3.87. The van der Waals surface area contributed by atoms with Crippen LogP contribution in [-0.2, 0) is 0 Å². The van der Waals surface area contributed by atoms with Crippen molar-refractivity contribution in [3.05, 3.63) is 73.3 Å². The minimum atomic E-state index is 0.734. The second kappa shape index (κ2) is 8.20. The molecule has 0 saturated carbocycles. The lowest BCUT2D eigenvalue weighted by molar-refractivity contribution is 0.312. The molecule has 0 unspecified atom stereocenters. The average molecular weight is 412 g/mol. The lowest BCUT2D eigenvalue weighted by Crippen LogP contribution is -2.45. The average Bonchev–Trinajstić information content (AvgIpc) is 3.24. The molecule has 1 aromatic carbocycles. The lowest BCUT2D eigenvalue weighted by atomic mass is 10.0. The van der Waals surface area contributed by atoms with E-state index in [0.717, 1.165) is 71.1 Å². The number of nitrogens with one attached hydrogen (secondary N) is 2. The Bertz CT molecular complexity index is 1210. The fourth-order valence-electron chi connectivity index (χ4n) is 3.94. The number of rotatable bonds is 5. The number of nitrogens with zero attached hydrogens (tertiary/aromatic N) is 5. The van der Waals surface area contributed by atoms with Gasteiger partial charge < -0.3 is 15.1 Å². The van der Waals surface area contributed by atoms with E-state index in [1.54, 1.807) is 6.20 Å². The minimum absolute atomic E-state index is 0.734. The smallest absolute Gasteiger partial charge is 0.152 e. The summed E-state index contributed by atoms with van der Waals surface area (Å²) in [6.45, 7) is 8.24. The van der Waals surface area contributed by atoms with Crippen molar-refractivity contribution in [3.8, 4) is 11.1 Å². The summed E-state index contributed by atoms with van der Waals surface area (Å²) in [6.07, 6.45) is 5.49. The van der Waals surface area contributed by atoms with Gasteiger partial charge in [0, 0.05) is 55.7 Å². The molecule has 0 aliphatic carbocycles. The van der Waals surface area contributed by atoms with Crippen molar-refractivity contribution in [3.63, 3.8) is 0 Å². The van der Waals surface area contributed by atoms with Crippen molar-refractivity contribution in [2.75, 3.05) is 43.4 Å². The summed E-state index contributed by atoms with van der Waals surface area (Å²) >= 11 is 0. The third-order valence-electron chi connectivity index (χ3n) is 5.72. The topological polar surface area (TPSA) is 73.0 Å². The van der Waals surface area contributed by atoms with E-state index in [0.29, 0.717) is 0 Å². The van der Waals surface area contributed by atoms with Gasteiger partial charge in [-0.15, -0.1) is 0 Å². The second-order valence-corrected chi connectivity index (χ2v) is 7.84. The maximum absolute atomic E-state index is 4.65. The van der Waals surface area contributed by atoms with Gasteiger partial charge >= 0.3 is 0 Å². The van der Waals surface area contributed by atoms with Crippen LogP contribution in [0.15, 0.2) is 67.6 Å². The van der Waals surface area contributed by atoms with Gasteiger partial charge in [0.25, 0.3) is 0 Å². The molecule has 0 radical (unpaired) electrons. The van der Waals surface area contributed by atoms with Gasteiger partial charge in [-0.25, -0.2) is 4.98 Å². The molecule has 4 heterocycles. The maximum atomic E-state index is 4.65. The largest absolute Gasteiger partial charge is 0.352 e. The highest BCUT2D eigenvalue weighted by atomic mass is 15.3. The predicted octanol–water partition coefficient (Wildman–Crippen LogP) is 3.85. The van der Waals surface area contributed by atoms with Crippen LogP contribution in [0.5, 0.6) is 0 Å². The number of aromatic nitrogens is 4. The van der Waals surface area contributed by atoms with Crippen molar-refractivity contribution in [1.29, 1.82) is 0 Å². The molecule has 3 aromatic heterocycles. The highest BCUT2D eigenvalue weighted by Gasteiger charge is 2.19. The van der Waals surface area contributed by atoms with Gasteiger partial charge in [-0.2, -0.15) is 5.10 Å². The zero-order valence-electron chi connectivity index (χ0n) is 17.5. The van der Waals surface area contributed by atoms with Gasteiger partial charge in [0.05, 0.1) is 16.9 Å². The van der Waals surface area contributed by atoms with Crippen LogP contribution < -0.4 is 10.2 Å². The van der Waals surface area contributed by atoms with Crippen molar-refractivity contribution >= 4 is 28.1 Å². The summed E-state index contributed by atoms with van der Waals surface area (Å²) in [4.78, 5) is 13.5. The first kappa shape index (κ1) is 19.3. The first-order chi connectivity index (χ1) is 15.2. The molecule has 5 rings (SSSR count). The number of aromatic amines is 1. The number of hydrogen-bond acceptors (Lipinski definition) is 6. The van der Waals surface area contributed by atoms with Crippen LogP contribution in [0, 0.1) is 0 Å². The molecule has 1 saturated heterocycles. The van der Waals surface area contributed by atoms with Gasteiger partial charge in [0.2, 0.25) is 0 Å². The number of H-pyrrole nitrogens is 1. The van der Waals surface area contributed by atoms with E-state index in [1.807, 2.05) is 36.7 Å². The fraction of sp³-hybridized carbons (Fsp3) is 0.208. The second-order valence-electron chi connectivity index (χ2n) is 7.84. The number of likely N-dealkylation sites (N-methyl/N-ethyl adjacent to an activating group) is 1. The quantitative estimate of drug-likeness (QED) is 0.520. The van der Waals surface area contributed by atoms with Gasteiger partial charge in [-0.3, -0.25) is 10.1 Å². The molecule has 0 amide bonds. The number of fused-ring (bicyclic) bond motifs is 1. The van der Waals surface area contributed by atoms with Crippen LogP contribution in [0.1, 0.15) is 5.69 Å². The summed E-state index contributed by atoms with van der Waals surface area (Å²) in [7, 11) is 2.15. The third-order valence-corrected chi connectivity index (χ3v) is 5.72. The minimum Gasteiger partial charge on any atom is -0.352 e. The number of piperazine rings is 1. The van der Waals surface area contributed by atoms with Gasteiger partial charge in [-0.05, 0) is 42.9 Å². The first-order valence-corrected chi connectivity index (χ1v) is 10.4. The summed E-state index contributed by atoms with van der Waals surface area (Å²) in [5, 5.41) is 12.1. The molecular formula is C24H25N7. The van der Waals surface area contributed by atoms with Gasteiger partial charge in [-0.1, -0.05) is 18.7 Å². The fourth-order valence-corrected chi connectivity index (χ4v) is 3.94. The van der Waals surface area contributed by atoms with Crippen LogP contribution in [0.3, 0.4) is 0 Å². The monoisotopic (exact) mass is 411 g/mol. The lowest BCUT2D eigenvalue weighted by Gasteiger charge is -2.34. The maximum Gasteiger partial charge on any atom is 0.152 e. The number of benzene rings is 1. The van der Waals surface area contributed by atoms with Crippen molar-refractivity contribution < 1.29 is 0 Å². The number of anilines is 2. The molecule has 2 N–H and O–H groups in total. The van der Waals surface area contributed by atoms with Gasteiger partial charge in [0.15, 0.2) is 5.82 Å². The normalized spacial score (nSPS) is 14.7. The predicted molar refractivity (Wildman–Crippen MR) is 126 cm³/mol. The van der Waals surface area contributed by atoms with E-state index in [9.17, 15) is 0 Å². The Hall–Kier alpha value is -3.71. The van der Waals surface area contributed by atoms with Crippen LogP contribution in [-0.4, -0.2) is 58.3 Å². The van der Waals surface area contributed by atoms with Crippen molar-refractivity contribution in [2.24, 2.45) is 0 Å². The molecular weight excluding hydrogens is 386 g/mol. The Morgan fingerprint density at radius 1 is 1.03 bits per heavy atom. The Morgan fingerprint density at radius 3 is 2.68 bits per heavy atom. The zero-order valence-corrected chi connectivity index (χ0v) is 17.5. The summed E-state index contributed by atoms with van der Waals surface area (Å²) in [5.74, 6) is 0.952. The van der Waals surface area contributed by atoms with Crippen LogP contribution in [0.4, 0.5) is 11.5 Å². The van der Waals surface area contributed by atoms with Crippen LogP contribution in [0.2, 0.25) is 0 Å². The SMILES string of the molecule is C=C(Nc1cccnc1N1CCN(C)CC1)c1n[nH]c2ccc(-c3cccnc3)cc12. The molecule has 156 valence electrons. The summed E-state index contributed by atoms with van der Waals surface area (Å²) < 4.78 is 0. The Labute approximate surface area is 181 Å². The van der Waals surface area contributed by atoms with Crippen molar-refractivity contribution in [2.45, 2.75) is 0 Å². The molecule has 7 nitrogen and oxygen atoms in total. The molecule has 1 fully saturated rings. The molecule has 1 aliphatic heterocycles. The molecule has 0 spiro atoms. The van der Waals surface area contributed by atoms with Crippen LogP contribution >= 0.6 is 0 Å². The first-order valence-electron chi connectivity index (χ1n) is 10.4. The molecule has 7 heteroatoms. The van der Waals surface area contributed by atoms with E-state index in [2.05, 4.69) is 67.1 Å². The van der Waals surface area contributed by atoms with E-state index in [1.165, 1.54) is 0 Å². The summed E-state index contributed by atoms with van der Waals surface area (Å²) in [6, 6.07) is 14.2. The van der Waals surface area contributed by atoms with Gasteiger partial charge in [0.1, 0.15) is 5.69 Å². The Balaban J connectivity index is 1.44. The van der Waals surface area contributed by atoms with Crippen LogP contribution in [0.25, 0.3) is 27.7 Å².